The molecule has 0 radical (unpaired) electrons. The lowest BCUT2D eigenvalue weighted by Gasteiger charge is -2.37. The van der Waals surface area contributed by atoms with Crippen molar-refractivity contribution in [1.29, 1.82) is 0 Å². The molecule has 8 heteroatoms. The van der Waals surface area contributed by atoms with E-state index in [4.69, 9.17) is 13.7 Å². The van der Waals surface area contributed by atoms with Crippen LogP contribution < -0.4 is 10.1 Å². The second-order valence-electron chi connectivity index (χ2n) is 7.82. The lowest BCUT2D eigenvalue weighted by molar-refractivity contribution is 0.0843. The molecule has 3 heterocycles. The van der Waals surface area contributed by atoms with Gasteiger partial charge in [0.15, 0.2) is 11.5 Å². The number of carbonyl (C=O) groups excluding carboxylic acids is 1. The number of benzene rings is 1. The molecule has 1 amide bonds. The van der Waals surface area contributed by atoms with E-state index in [-0.39, 0.29) is 17.6 Å². The van der Waals surface area contributed by atoms with Gasteiger partial charge in [0.1, 0.15) is 17.3 Å². The van der Waals surface area contributed by atoms with Crippen LogP contribution in [0.1, 0.15) is 28.1 Å². The number of piperazine rings is 1. The van der Waals surface area contributed by atoms with E-state index in [0.29, 0.717) is 12.3 Å². The SMILES string of the molecule is COc1ccc(-c2cc(C(=O)NCC(c3ccc(C)o3)N3CCN(C)CC3)no2)cc1. The van der Waals surface area contributed by atoms with Crippen LogP contribution in [-0.4, -0.2) is 67.7 Å². The Labute approximate surface area is 181 Å². The number of ether oxygens (including phenoxy) is 1. The molecular formula is C23H28N4O4. The second-order valence-corrected chi connectivity index (χ2v) is 7.82. The van der Waals surface area contributed by atoms with Gasteiger partial charge in [-0.2, -0.15) is 0 Å². The molecule has 4 rings (SSSR count). The van der Waals surface area contributed by atoms with Gasteiger partial charge in [-0.3, -0.25) is 9.69 Å². The number of rotatable bonds is 7. The lowest BCUT2D eigenvalue weighted by Crippen LogP contribution is -2.48. The summed E-state index contributed by atoms with van der Waals surface area (Å²) in [6.07, 6.45) is 0. The maximum atomic E-state index is 12.8. The number of aromatic nitrogens is 1. The summed E-state index contributed by atoms with van der Waals surface area (Å²) in [5.41, 5.74) is 1.08. The molecule has 0 aliphatic carbocycles. The zero-order valence-electron chi connectivity index (χ0n) is 18.1. The molecular weight excluding hydrogens is 396 g/mol. The first-order valence-electron chi connectivity index (χ1n) is 10.4. The summed E-state index contributed by atoms with van der Waals surface area (Å²) in [4.78, 5) is 17.4. The number of aryl methyl sites for hydroxylation is 1. The van der Waals surface area contributed by atoms with Crippen LogP contribution in [0.3, 0.4) is 0 Å². The van der Waals surface area contributed by atoms with Crippen molar-refractivity contribution in [1.82, 2.24) is 20.3 Å². The maximum Gasteiger partial charge on any atom is 0.273 e. The van der Waals surface area contributed by atoms with Crippen molar-refractivity contribution in [3.05, 3.63) is 59.7 Å². The van der Waals surface area contributed by atoms with E-state index in [1.54, 1.807) is 13.2 Å². The van der Waals surface area contributed by atoms with Gasteiger partial charge in [0.05, 0.1) is 13.2 Å². The van der Waals surface area contributed by atoms with Crippen LogP contribution in [0.2, 0.25) is 0 Å². The van der Waals surface area contributed by atoms with Gasteiger partial charge in [-0.1, -0.05) is 5.16 Å². The normalized spacial score (nSPS) is 16.2. The summed E-state index contributed by atoms with van der Waals surface area (Å²) in [5, 5.41) is 6.95. The number of likely N-dealkylation sites (N-methyl/N-ethyl adjacent to an activating group) is 1. The predicted molar refractivity (Wildman–Crippen MR) is 116 cm³/mol. The topological polar surface area (TPSA) is 84.0 Å². The fourth-order valence-corrected chi connectivity index (χ4v) is 3.73. The van der Waals surface area contributed by atoms with Gasteiger partial charge < -0.3 is 23.9 Å². The third kappa shape index (κ3) is 4.98. The summed E-state index contributed by atoms with van der Waals surface area (Å²) < 4.78 is 16.4. The van der Waals surface area contributed by atoms with Crippen LogP contribution in [-0.2, 0) is 0 Å². The molecule has 1 aromatic carbocycles. The van der Waals surface area contributed by atoms with Crippen LogP contribution in [0.15, 0.2) is 51.4 Å². The van der Waals surface area contributed by atoms with E-state index in [1.165, 1.54) is 0 Å². The fourth-order valence-electron chi connectivity index (χ4n) is 3.73. The minimum atomic E-state index is -0.272. The van der Waals surface area contributed by atoms with Crippen LogP contribution in [0.5, 0.6) is 5.75 Å². The fraction of sp³-hybridized carbons (Fsp3) is 0.391. The van der Waals surface area contributed by atoms with E-state index >= 15 is 0 Å². The first kappa shape index (κ1) is 21.1. The molecule has 1 fully saturated rings. The van der Waals surface area contributed by atoms with Crippen molar-refractivity contribution < 1.29 is 18.5 Å². The number of nitrogens with one attached hydrogen (secondary N) is 1. The van der Waals surface area contributed by atoms with Gasteiger partial charge in [0, 0.05) is 44.4 Å². The first-order valence-corrected chi connectivity index (χ1v) is 10.4. The molecule has 31 heavy (non-hydrogen) atoms. The first-order chi connectivity index (χ1) is 15.0. The zero-order chi connectivity index (χ0) is 21.8. The quantitative estimate of drug-likeness (QED) is 0.624. The van der Waals surface area contributed by atoms with E-state index in [0.717, 1.165) is 49.0 Å². The summed E-state index contributed by atoms with van der Waals surface area (Å²) in [7, 11) is 3.74. The number of carbonyl (C=O) groups is 1. The zero-order valence-corrected chi connectivity index (χ0v) is 18.1. The Kier molecular flexibility index (Phi) is 6.39. The van der Waals surface area contributed by atoms with Crippen LogP contribution in [0, 0.1) is 6.92 Å². The van der Waals surface area contributed by atoms with E-state index in [1.807, 2.05) is 43.3 Å². The third-order valence-electron chi connectivity index (χ3n) is 5.64. The van der Waals surface area contributed by atoms with Crippen molar-refractivity contribution in [2.75, 3.05) is 46.9 Å². The van der Waals surface area contributed by atoms with Crippen LogP contribution >= 0.6 is 0 Å². The molecule has 2 aromatic heterocycles. The van der Waals surface area contributed by atoms with Gasteiger partial charge in [-0.15, -0.1) is 0 Å². The largest absolute Gasteiger partial charge is 0.497 e. The molecule has 164 valence electrons. The molecule has 1 unspecified atom stereocenters. The van der Waals surface area contributed by atoms with E-state index in [9.17, 15) is 4.79 Å². The minimum absolute atomic E-state index is 0.0284. The molecule has 3 aromatic rings. The molecule has 0 bridgehead atoms. The van der Waals surface area contributed by atoms with Gasteiger partial charge in [-0.05, 0) is 50.4 Å². The van der Waals surface area contributed by atoms with Crippen LogP contribution in [0.25, 0.3) is 11.3 Å². The lowest BCUT2D eigenvalue weighted by atomic mass is 10.1. The predicted octanol–water partition coefficient (Wildman–Crippen LogP) is 2.97. The summed E-state index contributed by atoms with van der Waals surface area (Å²) in [6.45, 7) is 6.17. The van der Waals surface area contributed by atoms with Crippen molar-refractivity contribution >= 4 is 5.91 Å². The highest BCUT2D eigenvalue weighted by Gasteiger charge is 2.27. The van der Waals surface area contributed by atoms with Crippen molar-refractivity contribution in [3.63, 3.8) is 0 Å². The molecule has 8 nitrogen and oxygen atoms in total. The maximum absolute atomic E-state index is 12.8. The number of methoxy groups -OCH3 is 1. The second kappa shape index (κ2) is 9.36. The molecule has 0 spiro atoms. The van der Waals surface area contributed by atoms with E-state index in [2.05, 4.69) is 27.3 Å². The monoisotopic (exact) mass is 424 g/mol. The van der Waals surface area contributed by atoms with Crippen molar-refractivity contribution in [2.24, 2.45) is 0 Å². The Morgan fingerprint density at radius 3 is 2.55 bits per heavy atom. The van der Waals surface area contributed by atoms with Gasteiger partial charge >= 0.3 is 0 Å². The Balaban J connectivity index is 1.43. The average Bonchev–Trinajstić information content (AvgIpc) is 3.45. The molecule has 1 atom stereocenters. The summed E-state index contributed by atoms with van der Waals surface area (Å²) in [5.74, 6) is 2.74. The molecule has 1 saturated heterocycles. The van der Waals surface area contributed by atoms with Crippen molar-refractivity contribution in [3.8, 4) is 17.1 Å². The van der Waals surface area contributed by atoms with Gasteiger partial charge in [0.2, 0.25) is 0 Å². The summed E-state index contributed by atoms with van der Waals surface area (Å²) in [6, 6.07) is 13.0. The minimum Gasteiger partial charge on any atom is -0.497 e. The standard InChI is InChI=1S/C23H28N4O4/c1-16-4-9-21(30-16)20(27-12-10-26(2)11-13-27)15-24-23(28)19-14-22(31-25-19)17-5-7-18(29-3)8-6-17/h4-9,14,20H,10-13,15H2,1-3H3,(H,24,28). The molecule has 1 aliphatic heterocycles. The highest BCUT2D eigenvalue weighted by molar-refractivity contribution is 5.93. The van der Waals surface area contributed by atoms with Gasteiger partial charge in [-0.25, -0.2) is 0 Å². The Hall–Kier alpha value is -3.10. The van der Waals surface area contributed by atoms with Gasteiger partial charge in [0.25, 0.3) is 5.91 Å². The Bertz CT molecular complexity index is 1000. The van der Waals surface area contributed by atoms with Crippen molar-refractivity contribution in [2.45, 2.75) is 13.0 Å². The number of hydrogen-bond donors (Lipinski definition) is 1. The number of nitrogens with zero attached hydrogens (tertiary/aromatic N) is 3. The third-order valence-corrected chi connectivity index (χ3v) is 5.64. The highest BCUT2D eigenvalue weighted by Crippen LogP contribution is 2.25. The van der Waals surface area contributed by atoms with Crippen LogP contribution in [0.4, 0.5) is 0 Å². The number of hydrogen-bond acceptors (Lipinski definition) is 7. The molecule has 0 saturated carbocycles. The number of furan rings is 1. The Morgan fingerprint density at radius 2 is 1.90 bits per heavy atom. The number of amides is 1. The Morgan fingerprint density at radius 1 is 1.16 bits per heavy atom. The highest BCUT2D eigenvalue weighted by atomic mass is 16.5. The molecule has 1 aliphatic rings. The molecule has 1 N–H and O–H groups in total. The average molecular weight is 425 g/mol. The summed E-state index contributed by atoms with van der Waals surface area (Å²) >= 11 is 0. The van der Waals surface area contributed by atoms with E-state index < -0.39 is 0 Å². The smallest absolute Gasteiger partial charge is 0.273 e.